The summed E-state index contributed by atoms with van der Waals surface area (Å²) in [7, 11) is 0. The van der Waals surface area contributed by atoms with Crippen molar-refractivity contribution in [2.75, 3.05) is 13.1 Å². The Balaban J connectivity index is 2.30. The van der Waals surface area contributed by atoms with E-state index in [4.69, 9.17) is 5.73 Å². The minimum Gasteiger partial charge on any atom is -0.321 e. The highest BCUT2D eigenvalue weighted by molar-refractivity contribution is 5.12. The molecule has 1 unspecified atom stereocenters. The van der Waals surface area contributed by atoms with Gasteiger partial charge >= 0.3 is 0 Å². The first-order valence-electron chi connectivity index (χ1n) is 8.08. The lowest BCUT2D eigenvalue weighted by molar-refractivity contribution is 0.0734. The maximum absolute atomic E-state index is 6.71. The second-order valence-corrected chi connectivity index (χ2v) is 5.86. The predicted molar refractivity (Wildman–Crippen MR) is 81.4 cm³/mol. The second-order valence-electron chi connectivity index (χ2n) is 5.86. The van der Waals surface area contributed by atoms with Crippen LogP contribution < -0.4 is 5.73 Å². The van der Waals surface area contributed by atoms with Crippen LogP contribution in [-0.4, -0.2) is 38.5 Å². The molecule has 0 aromatic carbocycles. The van der Waals surface area contributed by atoms with E-state index < -0.39 is 0 Å². The van der Waals surface area contributed by atoms with Gasteiger partial charge in [0.1, 0.15) is 0 Å². The fourth-order valence-corrected chi connectivity index (χ4v) is 3.66. The van der Waals surface area contributed by atoms with Crippen molar-refractivity contribution in [1.82, 2.24) is 19.9 Å². The summed E-state index contributed by atoms with van der Waals surface area (Å²) < 4.78 is 1.99. The number of hydrogen-bond donors (Lipinski definition) is 1. The second kappa shape index (κ2) is 6.68. The number of hydrogen-bond acceptors (Lipinski definition) is 4. The Morgan fingerprint density at radius 3 is 2.45 bits per heavy atom. The average Bonchev–Trinajstić information content (AvgIpc) is 3.12. The molecule has 1 fully saturated rings. The summed E-state index contributed by atoms with van der Waals surface area (Å²) in [4.78, 5) is 2.60. The van der Waals surface area contributed by atoms with Crippen molar-refractivity contribution in [3.63, 3.8) is 0 Å². The van der Waals surface area contributed by atoms with E-state index in [-0.39, 0.29) is 11.6 Å². The molecule has 2 rings (SSSR count). The fourth-order valence-electron chi connectivity index (χ4n) is 3.66. The van der Waals surface area contributed by atoms with Crippen LogP contribution in [0, 0.1) is 0 Å². The van der Waals surface area contributed by atoms with E-state index in [2.05, 4.69) is 36.0 Å². The lowest BCUT2D eigenvalue weighted by Crippen LogP contribution is -2.54. The quantitative estimate of drug-likeness (QED) is 0.832. The van der Waals surface area contributed by atoms with Crippen molar-refractivity contribution in [1.29, 1.82) is 0 Å². The van der Waals surface area contributed by atoms with Crippen LogP contribution in [0.1, 0.15) is 64.6 Å². The van der Waals surface area contributed by atoms with E-state index in [1.165, 1.54) is 25.9 Å². The zero-order chi connectivity index (χ0) is 14.6. The Morgan fingerprint density at radius 1 is 1.25 bits per heavy atom. The summed E-state index contributed by atoms with van der Waals surface area (Å²) in [5, 5.41) is 8.29. The minimum absolute atomic E-state index is 0.0165. The zero-order valence-corrected chi connectivity index (χ0v) is 13.2. The van der Waals surface area contributed by atoms with Crippen LogP contribution in [0.25, 0.3) is 0 Å². The minimum atomic E-state index is -0.0165. The van der Waals surface area contributed by atoms with E-state index in [9.17, 15) is 0 Å². The number of aryl methyl sites for hydroxylation is 1. The highest BCUT2D eigenvalue weighted by Gasteiger charge is 2.42. The first kappa shape index (κ1) is 15.4. The lowest BCUT2D eigenvalue weighted by Gasteiger charge is -2.45. The lowest BCUT2D eigenvalue weighted by atomic mass is 9.81. The molecule has 0 bridgehead atoms. The van der Waals surface area contributed by atoms with Crippen LogP contribution >= 0.6 is 0 Å². The van der Waals surface area contributed by atoms with Gasteiger partial charge in [-0.25, -0.2) is 4.68 Å². The van der Waals surface area contributed by atoms with Crippen LogP contribution in [0.5, 0.6) is 0 Å². The maximum atomic E-state index is 6.71. The third-order valence-corrected chi connectivity index (χ3v) is 4.94. The highest BCUT2D eigenvalue weighted by atomic mass is 15.4. The van der Waals surface area contributed by atoms with Gasteiger partial charge in [-0.15, -0.1) is 5.10 Å². The number of nitrogens with zero attached hydrogens (tertiary/aromatic N) is 4. The molecular formula is C15H29N5. The molecule has 1 aliphatic rings. The molecule has 1 aromatic rings. The van der Waals surface area contributed by atoms with Crippen LogP contribution in [0.4, 0.5) is 0 Å². The van der Waals surface area contributed by atoms with Gasteiger partial charge in [-0.3, -0.25) is 4.90 Å². The van der Waals surface area contributed by atoms with Crippen LogP contribution in [0.2, 0.25) is 0 Å². The smallest absolute Gasteiger partial charge is 0.0773 e. The topological polar surface area (TPSA) is 60.0 Å². The van der Waals surface area contributed by atoms with E-state index >= 15 is 0 Å². The third-order valence-electron chi connectivity index (χ3n) is 4.94. The number of nitrogens with two attached hydrogens (primary N) is 1. The molecule has 1 aliphatic heterocycles. The van der Waals surface area contributed by atoms with Gasteiger partial charge < -0.3 is 5.73 Å². The summed E-state index contributed by atoms with van der Waals surface area (Å²) >= 11 is 0. The molecule has 5 heteroatoms. The Labute approximate surface area is 122 Å². The Bertz CT molecular complexity index is 404. The summed E-state index contributed by atoms with van der Waals surface area (Å²) in [5.74, 6) is 0. The van der Waals surface area contributed by atoms with Crippen molar-refractivity contribution < 1.29 is 0 Å². The number of likely N-dealkylation sites (tertiary alicyclic amines) is 1. The first-order chi connectivity index (χ1) is 9.69. The Kier molecular flexibility index (Phi) is 5.16. The van der Waals surface area contributed by atoms with E-state index in [0.717, 1.165) is 31.5 Å². The summed E-state index contributed by atoms with van der Waals surface area (Å²) in [6.07, 6.45) is 7.64. The Hall–Kier alpha value is -0.940. The fraction of sp³-hybridized carbons (Fsp3) is 0.867. The van der Waals surface area contributed by atoms with Gasteiger partial charge in [-0.2, -0.15) is 0 Å². The Morgan fingerprint density at radius 2 is 1.90 bits per heavy atom. The highest BCUT2D eigenvalue weighted by Crippen LogP contribution is 2.37. The molecule has 0 aliphatic carbocycles. The van der Waals surface area contributed by atoms with Crippen molar-refractivity contribution in [2.24, 2.45) is 5.73 Å². The monoisotopic (exact) mass is 279 g/mol. The molecule has 0 spiro atoms. The van der Waals surface area contributed by atoms with Gasteiger partial charge in [-0.1, -0.05) is 26.0 Å². The number of aromatic nitrogens is 3. The average molecular weight is 279 g/mol. The molecule has 1 saturated heterocycles. The van der Waals surface area contributed by atoms with Crippen molar-refractivity contribution in [3.8, 4) is 0 Å². The molecular weight excluding hydrogens is 250 g/mol. The van der Waals surface area contributed by atoms with E-state index in [1.54, 1.807) is 0 Å². The summed E-state index contributed by atoms with van der Waals surface area (Å²) in [5.41, 5.74) is 7.84. The van der Waals surface area contributed by atoms with Gasteiger partial charge in [0.15, 0.2) is 0 Å². The molecule has 114 valence electrons. The summed E-state index contributed by atoms with van der Waals surface area (Å²) in [6.45, 7) is 9.91. The largest absolute Gasteiger partial charge is 0.321 e. The molecule has 2 N–H and O–H groups in total. The molecule has 1 aromatic heterocycles. The SMILES string of the molecule is CCCn1nncc1C(N)C(CC)(CC)N1CCCC1. The molecule has 2 heterocycles. The van der Waals surface area contributed by atoms with Crippen molar-refractivity contribution >= 4 is 0 Å². The van der Waals surface area contributed by atoms with Gasteiger partial charge in [0.05, 0.1) is 17.9 Å². The van der Waals surface area contributed by atoms with E-state index in [1.807, 2.05) is 10.9 Å². The maximum Gasteiger partial charge on any atom is 0.0773 e. The summed E-state index contributed by atoms with van der Waals surface area (Å²) in [6, 6.07) is -0.0165. The van der Waals surface area contributed by atoms with Crippen molar-refractivity contribution in [2.45, 2.75) is 71.0 Å². The molecule has 0 saturated carbocycles. The predicted octanol–water partition coefficient (Wildman–Crippen LogP) is 2.34. The third kappa shape index (κ3) is 2.61. The van der Waals surface area contributed by atoms with Crippen LogP contribution in [0.15, 0.2) is 6.20 Å². The van der Waals surface area contributed by atoms with Gasteiger partial charge in [0.25, 0.3) is 0 Å². The first-order valence-corrected chi connectivity index (χ1v) is 8.08. The molecule has 20 heavy (non-hydrogen) atoms. The molecule has 0 amide bonds. The molecule has 1 atom stereocenters. The van der Waals surface area contributed by atoms with Gasteiger partial charge in [0, 0.05) is 12.1 Å². The van der Waals surface area contributed by atoms with Gasteiger partial charge in [0.2, 0.25) is 0 Å². The van der Waals surface area contributed by atoms with Crippen LogP contribution in [0.3, 0.4) is 0 Å². The molecule has 5 nitrogen and oxygen atoms in total. The van der Waals surface area contributed by atoms with Crippen LogP contribution in [-0.2, 0) is 6.54 Å². The van der Waals surface area contributed by atoms with Crippen molar-refractivity contribution in [3.05, 3.63) is 11.9 Å². The number of rotatable bonds is 7. The van der Waals surface area contributed by atoms with E-state index in [0.29, 0.717) is 0 Å². The zero-order valence-electron chi connectivity index (χ0n) is 13.2. The standard InChI is InChI=1S/C15H29N5/c1-4-9-20-13(12-17-18-20)14(16)15(5-2,6-3)19-10-7-8-11-19/h12,14H,4-11,16H2,1-3H3. The molecule has 0 radical (unpaired) electrons. The normalized spacial score (nSPS) is 18.6. The van der Waals surface area contributed by atoms with Gasteiger partial charge in [-0.05, 0) is 45.2 Å².